The fraction of sp³-hybridized carbons (Fsp3) is 0.500. The number of phenols is 1. The minimum absolute atomic E-state index is 0.0435. The van der Waals surface area contributed by atoms with E-state index in [9.17, 15) is 14.7 Å². The van der Waals surface area contributed by atoms with Gasteiger partial charge in [0.15, 0.2) is 0 Å². The zero-order valence-electron chi connectivity index (χ0n) is 12.4. The zero-order chi connectivity index (χ0) is 15.5. The van der Waals surface area contributed by atoms with Crippen molar-refractivity contribution in [2.45, 2.75) is 18.9 Å². The molecule has 3 rings (SSSR count). The summed E-state index contributed by atoms with van der Waals surface area (Å²) in [4.78, 5) is 28.1. The maximum absolute atomic E-state index is 12.4. The number of ether oxygens (including phenoxy) is 1. The quantitative estimate of drug-likeness (QED) is 0.879. The average molecular weight is 304 g/mol. The molecule has 0 bridgehead atoms. The molecule has 2 heterocycles. The molecule has 1 N–H and O–H groups in total. The highest BCUT2D eigenvalue weighted by atomic mass is 16.5. The van der Waals surface area contributed by atoms with E-state index in [-0.39, 0.29) is 23.7 Å². The summed E-state index contributed by atoms with van der Waals surface area (Å²) < 4.78 is 5.43. The number of nitrogens with zero attached hydrogens (tertiary/aromatic N) is 2. The minimum Gasteiger partial charge on any atom is -0.508 e. The van der Waals surface area contributed by atoms with Gasteiger partial charge in [0.2, 0.25) is 0 Å². The summed E-state index contributed by atoms with van der Waals surface area (Å²) in [6.45, 7) is 2.73. The molecule has 0 radical (unpaired) electrons. The molecule has 1 aromatic rings. The molecule has 2 aliphatic rings. The van der Waals surface area contributed by atoms with E-state index in [4.69, 9.17) is 4.74 Å². The number of carbonyl (C=O) groups excluding carboxylic acids is 2. The maximum Gasteiger partial charge on any atom is 0.254 e. The van der Waals surface area contributed by atoms with Crippen LogP contribution in [0, 0.1) is 0 Å². The van der Waals surface area contributed by atoms with Crippen LogP contribution >= 0.6 is 0 Å². The molecule has 0 aromatic heterocycles. The van der Waals surface area contributed by atoms with E-state index < -0.39 is 0 Å². The molecule has 1 aromatic carbocycles. The van der Waals surface area contributed by atoms with Crippen LogP contribution in [0.3, 0.4) is 0 Å². The minimum atomic E-state index is -0.298. The highest BCUT2D eigenvalue weighted by Crippen LogP contribution is 2.17. The number of benzene rings is 1. The lowest BCUT2D eigenvalue weighted by Crippen LogP contribution is -2.52. The molecule has 0 spiro atoms. The van der Waals surface area contributed by atoms with Crippen molar-refractivity contribution in [3.63, 3.8) is 0 Å². The molecule has 2 fully saturated rings. The Morgan fingerprint density at radius 1 is 1.14 bits per heavy atom. The normalized spacial score (nSPS) is 21.9. The Hall–Kier alpha value is -2.08. The second kappa shape index (κ2) is 6.36. The topological polar surface area (TPSA) is 70.1 Å². The van der Waals surface area contributed by atoms with Crippen molar-refractivity contribution >= 4 is 11.8 Å². The summed E-state index contributed by atoms with van der Waals surface area (Å²) >= 11 is 0. The first-order valence-corrected chi connectivity index (χ1v) is 7.64. The number of hydrogen-bond donors (Lipinski definition) is 1. The van der Waals surface area contributed by atoms with Crippen LogP contribution in [-0.4, -0.2) is 65.6 Å². The molecule has 118 valence electrons. The van der Waals surface area contributed by atoms with Crippen LogP contribution < -0.4 is 0 Å². The number of piperazine rings is 1. The SMILES string of the molecule is O=C(c1cccc(O)c1)N1CCN(C(=O)C2CCCO2)CC1. The predicted octanol–water partition coefficient (Wildman–Crippen LogP) is 0.856. The van der Waals surface area contributed by atoms with Gasteiger partial charge in [0.05, 0.1) is 0 Å². The van der Waals surface area contributed by atoms with Gasteiger partial charge in [0, 0.05) is 38.3 Å². The molecule has 2 saturated heterocycles. The lowest BCUT2D eigenvalue weighted by Gasteiger charge is -2.35. The molecule has 2 aliphatic heterocycles. The zero-order valence-corrected chi connectivity index (χ0v) is 12.4. The number of carbonyl (C=O) groups is 2. The molecule has 2 amide bonds. The Labute approximate surface area is 129 Å². The van der Waals surface area contributed by atoms with E-state index in [2.05, 4.69) is 0 Å². The number of phenolic OH excluding ortho intramolecular Hbond substituents is 1. The molecular formula is C16H20N2O4. The molecule has 0 saturated carbocycles. The third kappa shape index (κ3) is 3.06. The number of aromatic hydroxyl groups is 1. The van der Waals surface area contributed by atoms with Gasteiger partial charge in [-0.05, 0) is 31.0 Å². The summed E-state index contributed by atoms with van der Waals surface area (Å²) in [5.41, 5.74) is 0.471. The molecule has 0 aliphatic carbocycles. The Balaban J connectivity index is 1.57. The van der Waals surface area contributed by atoms with E-state index in [0.717, 1.165) is 12.8 Å². The lowest BCUT2D eigenvalue weighted by atomic mass is 10.1. The van der Waals surface area contributed by atoms with Gasteiger partial charge < -0.3 is 19.6 Å². The molecule has 1 unspecified atom stereocenters. The van der Waals surface area contributed by atoms with Gasteiger partial charge in [-0.3, -0.25) is 9.59 Å². The highest BCUT2D eigenvalue weighted by Gasteiger charge is 2.31. The van der Waals surface area contributed by atoms with Crippen LogP contribution in [0.25, 0.3) is 0 Å². The van der Waals surface area contributed by atoms with Crippen LogP contribution in [0.5, 0.6) is 5.75 Å². The summed E-state index contributed by atoms with van der Waals surface area (Å²) in [7, 11) is 0. The smallest absolute Gasteiger partial charge is 0.254 e. The van der Waals surface area contributed by atoms with Gasteiger partial charge in [-0.1, -0.05) is 6.07 Å². The van der Waals surface area contributed by atoms with E-state index >= 15 is 0 Å². The van der Waals surface area contributed by atoms with Gasteiger partial charge in [-0.25, -0.2) is 0 Å². The summed E-state index contributed by atoms with van der Waals surface area (Å²) in [5.74, 6) is 0.0140. The van der Waals surface area contributed by atoms with Crippen LogP contribution in [0.1, 0.15) is 23.2 Å². The van der Waals surface area contributed by atoms with Crippen LogP contribution in [0.4, 0.5) is 0 Å². The number of amides is 2. The lowest BCUT2D eigenvalue weighted by molar-refractivity contribution is -0.142. The number of hydrogen-bond acceptors (Lipinski definition) is 4. The Morgan fingerprint density at radius 3 is 2.50 bits per heavy atom. The van der Waals surface area contributed by atoms with Crippen LogP contribution in [-0.2, 0) is 9.53 Å². The van der Waals surface area contributed by atoms with Crippen LogP contribution in [0.15, 0.2) is 24.3 Å². The third-order valence-corrected chi connectivity index (χ3v) is 4.18. The van der Waals surface area contributed by atoms with Crippen molar-refractivity contribution < 1.29 is 19.4 Å². The summed E-state index contributed by atoms with van der Waals surface area (Å²) in [5, 5.41) is 9.46. The Morgan fingerprint density at radius 2 is 1.86 bits per heavy atom. The van der Waals surface area contributed by atoms with Crippen molar-refractivity contribution in [2.24, 2.45) is 0 Å². The first kappa shape index (κ1) is 14.8. The van der Waals surface area contributed by atoms with Crippen molar-refractivity contribution in [3.05, 3.63) is 29.8 Å². The fourth-order valence-corrected chi connectivity index (χ4v) is 2.93. The van der Waals surface area contributed by atoms with Gasteiger partial charge >= 0.3 is 0 Å². The third-order valence-electron chi connectivity index (χ3n) is 4.18. The van der Waals surface area contributed by atoms with Gasteiger partial charge in [-0.2, -0.15) is 0 Å². The summed E-state index contributed by atoms with van der Waals surface area (Å²) in [6.07, 6.45) is 1.43. The average Bonchev–Trinajstić information content (AvgIpc) is 3.08. The van der Waals surface area contributed by atoms with Gasteiger partial charge in [0.25, 0.3) is 11.8 Å². The van der Waals surface area contributed by atoms with E-state index in [1.54, 1.807) is 21.9 Å². The maximum atomic E-state index is 12.4. The Bertz CT molecular complexity index is 561. The standard InChI is InChI=1S/C16H20N2O4/c19-13-4-1-3-12(11-13)15(20)17-6-8-18(9-7-17)16(21)14-5-2-10-22-14/h1,3-4,11,14,19H,2,5-10H2. The molecule has 1 atom stereocenters. The monoisotopic (exact) mass is 304 g/mol. The molecular weight excluding hydrogens is 284 g/mol. The van der Waals surface area contributed by atoms with Crippen molar-refractivity contribution in [1.29, 1.82) is 0 Å². The van der Waals surface area contributed by atoms with Crippen molar-refractivity contribution in [3.8, 4) is 5.75 Å². The van der Waals surface area contributed by atoms with Crippen molar-refractivity contribution in [1.82, 2.24) is 9.80 Å². The number of rotatable bonds is 2. The van der Waals surface area contributed by atoms with E-state index in [1.807, 2.05) is 0 Å². The predicted molar refractivity (Wildman–Crippen MR) is 79.6 cm³/mol. The van der Waals surface area contributed by atoms with Gasteiger partial charge in [0.1, 0.15) is 11.9 Å². The first-order chi connectivity index (χ1) is 10.6. The van der Waals surface area contributed by atoms with Crippen LogP contribution in [0.2, 0.25) is 0 Å². The largest absolute Gasteiger partial charge is 0.508 e. The molecule has 6 nitrogen and oxygen atoms in total. The van der Waals surface area contributed by atoms with E-state index in [1.165, 1.54) is 12.1 Å². The molecule has 6 heteroatoms. The molecule has 22 heavy (non-hydrogen) atoms. The van der Waals surface area contributed by atoms with Crippen molar-refractivity contribution in [2.75, 3.05) is 32.8 Å². The van der Waals surface area contributed by atoms with Gasteiger partial charge in [-0.15, -0.1) is 0 Å². The highest BCUT2D eigenvalue weighted by molar-refractivity contribution is 5.94. The first-order valence-electron chi connectivity index (χ1n) is 7.64. The fourth-order valence-electron chi connectivity index (χ4n) is 2.93. The summed E-state index contributed by atoms with van der Waals surface area (Å²) in [6, 6.07) is 6.34. The van der Waals surface area contributed by atoms with E-state index in [0.29, 0.717) is 38.3 Å². The second-order valence-electron chi connectivity index (χ2n) is 5.67. The Kier molecular flexibility index (Phi) is 4.29. The second-order valence-corrected chi connectivity index (χ2v) is 5.67.